The van der Waals surface area contributed by atoms with Crippen molar-refractivity contribution in [1.82, 2.24) is 10.2 Å². The standard InChI is InChI=1S/C18H38N2O/c1-5-18(15-21,19-6-2)12-9-13-20(14-16(3)4)17-10-7-8-11-17/h16-17,19,21H,5-15H2,1-4H3. The summed E-state index contributed by atoms with van der Waals surface area (Å²) in [5, 5.41) is 13.3. The summed E-state index contributed by atoms with van der Waals surface area (Å²) < 4.78 is 0. The first-order chi connectivity index (χ1) is 10.1. The van der Waals surface area contributed by atoms with Gasteiger partial charge in [0, 0.05) is 18.1 Å². The number of aliphatic hydroxyl groups excluding tert-OH is 1. The summed E-state index contributed by atoms with van der Waals surface area (Å²) in [7, 11) is 0. The number of likely N-dealkylation sites (N-methyl/N-ethyl adjacent to an activating group) is 1. The minimum atomic E-state index is -0.0616. The van der Waals surface area contributed by atoms with Crippen molar-refractivity contribution in [2.75, 3.05) is 26.2 Å². The van der Waals surface area contributed by atoms with E-state index >= 15 is 0 Å². The summed E-state index contributed by atoms with van der Waals surface area (Å²) in [6.07, 6.45) is 8.86. The van der Waals surface area contributed by atoms with E-state index in [9.17, 15) is 5.11 Å². The van der Waals surface area contributed by atoms with Gasteiger partial charge in [-0.15, -0.1) is 0 Å². The van der Waals surface area contributed by atoms with Crippen LogP contribution in [-0.4, -0.2) is 47.8 Å². The second kappa shape index (κ2) is 9.81. The van der Waals surface area contributed by atoms with Crippen LogP contribution in [0.5, 0.6) is 0 Å². The Kier molecular flexibility index (Phi) is 8.84. The molecule has 1 aliphatic rings. The zero-order chi connectivity index (χ0) is 15.7. The molecule has 1 saturated carbocycles. The van der Waals surface area contributed by atoms with Crippen LogP contribution in [0.3, 0.4) is 0 Å². The van der Waals surface area contributed by atoms with Gasteiger partial charge in [-0.05, 0) is 51.1 Å². The van der Waals surface area contributed by atoms with Gasteiger partial charge in [-0.1, -0.05) is 40.5 Å². The van der Waals surface area contributed by atoms with E-state index in [1.165, 1.54) is 45.2 Å². The number of nitrogens with one attached hydrogen (secondary N) is 1. The highest BCUT2D eigenvalue weighted by Crippen LogP contribution is 2.25. The predicted octanol–water partition coefficient (Wildman–Crippen LogP) is 3.42. The molecule has 1 aliphatic carbocycles. The van der Waals surface area contributed by atoms with E-state index in [1.54, 1.807) is 0 Å². The lowest BCUT2D eigenvalue weighted by Crippen LogP contribution is -2.48. The maximum atomic E-state index is 9.75. The third kappa shape index (κ3) is 6.25. The van der Waals surface area contributed by atoms with Crippen LogP contribution >= 0.6 is 0 Å². The topological polar surface area (TPSA) is 35.5 Å². The van der Waals surface area contributed by atoms with Crippen molar-refractivity contribution in [3.8, 4) is 0 Å². The van der Waals surface area contributed by atoms with Crippen molar-refractivity contribution in [3.63, 3.8) is 0 Å². The van der Waals surface area contributed by atoms with Crippen molar-refractivity contribution < 1.29 is 5.11 Å². The normalized spacial score (nSPS) is 19.6. The number of nitrogens with zero attached hydrogens (tertiary/aromatic N) is 1. The second-order valence-electron chi connectivity index (χ2n) is 7.25. The Bertz CT molecular complexity index is 258. The van der Waals surface area contributed by atoms with Gasteiger partial charge < -0.3 is 15.3 Å². The zero-order valence-electron chi connectivity index (χ0n) is 14.8. The van der Waals surface area contributed by atoms with E-state index in [0.29, 0.717) is 0 Å². The highest BCUT2D eigenvalue weighted by molar-refractivity contribution is 4.86. The van der Waals surface area contributed by atoms with Gasteiger partial charge in [-0.3, -0.25) is 0 Å². The first-order valence-electron chi connectivity index (χ1n) is 9.16. The van der Waals surface area contributed by atoms with Gasteiger partial charge in [-0.25, -0.2) is 0 Å². The molecule has 0 aromatic carbocycles. The Balaban J connectivity index is 2.47. The van der Waals surface area contributed by atoms with Gasteiger partial charge in [0.15, 0.2) is 0 Å². The molecule has 0 spiro atoms. The van der Waals surface area contributed by atoms with Crippen molar-refractivity contribution in [3.05, 3.63) is 0 Å². The van der Waals surface area contributed by atoms with Gasteiger partial charge in [0.05, 0.1) is 6.61 Å². The van der Waals surface area contributed by atoms with E-state index in [-0.39, 0.29) is 12.1 Å². The van der Waals surface area contributed by atoms with Crippen LogP contribution in [0.4, 0.5) is 0 Å². The molecule has 3 heteroatoms. The van der Waals surface area contributed by atoms with Crippen LogP contribution in [0.25, 0.3) is 0 Å². The SMILES string of the molecule is CCNC(CC)(CO)CCCN(CC(C)C)C1CCCC1. The van der Waals surface area contributed by atoms with Crippen LogP contribution in [0.1, 0.15) is 72.6 Å². The Morgan fingerprint density at radius 3 is 2.38 bits per heavy atom. The molecule has 1 unspecified atom stereocenters. The maximum absolute atomic E-state index is 9.75. The fourth-order valence-corrected chi connectivity index (χ4v) is 3.79. The molecule has 0 amide bonds. The molecule has 1 atom stereocenters. The van der Waals surface area contributed by atoms with Crippen molar-refractivity contribution >= 4 is 0 Å². The summed E-state index contributed by atoms with van der Waals surface area (Å²) in [6.45, 7) is 12.6. The molecule has 0 aromatic heterocycles. The van der Waals surface area contributed by atoms with Crippen molar-refractivity contribution in [1.29, 1.82) is 0 Å². The smallest absolute Gasteiger partial charge is 0.0613 e. The molecule has 0 bridgehead atoms. The number of hydrogen-bond acceptors (Lipinski definition) is 3. The Labute approximate surface area is 132 Å². The molecule has 1 rings (SSSR count). The molecule has 0 aliphatic heterocycles. The Morgan fingerprint density at radius 2 is 1.90 bits per heavy atom. The largest absolute Gasteiger partial charge is 0.394 e. The molecule has 2 N–H and O–H groups in total. The fourth-order valence-electron chi connectivity index (χ4n) is 3.79. The Hall–Kier alpha value is -0.120. The molecule has 0 radical (unpaired) electrons. The summed E-state index contributed by atoms with van der Waals surface area (Å²) in [6, 6.07) is 0.816. The van der Waals surface area contributed by atoms with Gasteiger partial charge in [0.1, 0.15) is 0 Å². The van der Waals surface area contributed by atoms with Gasteiger partial charge in [0.25, 0.3) is 0 Å². The minimum absolute atomic E-state index is 0.0616. The molecular formula is C18H38N2O. The third-order valence-electron chi connectivity index (χ3n) is 5.07. The van der Waals surface area contributed by atoms with Crippen molar-refractivity contribution in [2.24, 2.45) is 5.92 Å². The van der Waals surface area contributed by atoms with Gasteiger partial charge >= 0.3 is 0 Å². The first-order valence-corrected chi connectivity index (χ1v) is 9.16. The summed E-state index contributed by atoms with van der Waals surface area (Å²) >= 11 is 0. The predicted molar refractivity (Wildman–Crippen MR) is 91.7 cm³/mol. The first kappa shape index (κ1) is 18.9. The quantitative estimate of drug-likeness (QED) is 0.613. The lowest BCUT2D eigenvalue weighted by Gasteiger charge is -2.35. The van der Waals surface area contributed by atoms with Crippen LogP contribution < -0.4 is 5.32 Å². The maximum Gasteiger partial charge on any atom is 0.0613 e. The molecule has 126 valence electrons. The monoisotopic (exact) mass is 298 g/mol. The molecule has 1 fully saturated rings. The van der Waals surface area contributed by atoms with E-state index in [4.69, 9.17) is 0 Å². The minimum Gasteiger partial charge on any atom is -0.394 e. The highest BCUT2D eigenvalue weighted by atomic mass is 16.3. The summed E-state index contributed by atoms with van der Waals surface area (Å²) in [5.41, 5.74) is -0.0616. The Morgan fingerprint density at radius 1 is 1.24 bits per heavy atom. The van der Waals surface area contributed by atoms with E-state index in [0.717, 1.165) is 31.3 Å². The zero-order valence-corrected chi connectivity index (χ0v) is 14.8. The average Bonchev–Trinajstić information content (AvgIpc) is 2.99. The van der Waals surface area contributed by atoms with Crippen LogP contribution in [-0.2, 0) is 0 Å². The second-order valence-corrected chi connectivity index (χ2v) is 7.25. The summed E-state index contributed by atoms with van der Waals surface area (Å²) in [4.78, 5) is 2.72. The van der Waals surface area contributed by atoms with Crippen LogP contribution in [0.2, 0.25) is 0 Å². The number of rotatable bonds is 11. The van der Waals surface area contributed by atoms with Crippen LogP contribution in [0, 0.1) is 5.92 Å². The van der Waals surface area contributed by atoms with E-state index < -0.39 is 0 Å². The van der Waals surface area contributed by atoms with Gasteiger partial charge in [0.2, 0.25) is 0 Å². The molecular weight excluding hydrogens is 260 g/mol. The highest BCUT2D eigenvalue weighted by Gasteiger charge is 2.27. The summed E-state index contributed by atoms with van der Waals surface area (Å²) in [5.74, 6) is 0.744. The third-order valence-corrected chi connectivity index (χ3v) is 5.07. The number of aliphatic hydroxyl groups is 1. The molecule has 0 aromatic rings. The van der Waals surface area contributed by atoms with Gasteiger partial charge in [-0.2, -0.15) is 0 Å². The molecule has 21 heavy (non-hydrogen) atoms. The fraction of sp³-hybridized carbons (Fsp3) is 1.00. The lowest BCUT2D eigenvalue weighted by atomic mass is 9.91. The molecule has 0 saturated heterocycles. The van der Waals surface area contributed by atoms with Crippen molar-refractivity contribution in [2.45, 2.75) is 84.2 Å². The molecule has 3 nitrogen and oxygen atoms in total. The number of hydrogen-bond donors (Lipinski definition) is 2. The molecule has 0 heterocycles. The van der Waals surface area contributed by atoms with E-state index in [1.807, 2.05) is 0 Å². The lowest BCUT2D eigenvalue weighted by molar-refractivity contribution is 0.128. The van der Waals surface area contributed by atoms with Crippen LogP contribution in [0.15, 0.2) is 0 Å². The van der Waals surface area contributed by atoms with E-state index in [2.05, 4.69) is 37.9 Å². The average molecular weight is 299 g/mol.